The number of nitro benzene ring substituents is 1. The molecule has 1 aromatic carbocycles. The highest BCUT2D eigenvalue weighted by Gasteiger charge is 2.25. The van der Waals surface area contributed by atoms with Crippen LogP contribution in [0.25, 0.3) is 0 Å². The molecule has 8 nitrogen and oxygen atoms in total. The van der Waals surface area contributed by atoms with Crippen LogP contribution in [-0.2, 0) is 6.54 Å². The minimum absolute atomic E-state index is 0.0565. The Hall–Kier alpha value is -3.23. The summed E-state index contributed by atoms with van der Waals surface area (Å²) in [6.07, 6.45) is 2.41. The molecular formula is C18H21FN6O2. The molecular weight excluding hydrogens is 351 g/mol. The number of pyridine rings is 1. The normalized spacial score (nSPS) is 17.0. The largest absolute Gasteiger partial charge is 0.352 e. The van der Waals surface area contributed by atoms with Crippen molar-refractivity contribution in [2.45, 2.75) is 19.0 Å². The first-order valence-electron chi connectivity index (χ1n) is 8.63. The van der Waals surface area contributed by atoms with Gasteiger partial charge in [-0.3, -0.25) is 15.1 Å². The van der Waals surface area contributed by atoms with Gasteiger partial charge in [0.25, 0.3) is 5.69 Å². The Bertz CT molecular complexity index is 844. The zero-order chi connectivity index (χ0) is 19.2. The molecule has 0 spiro atoms. The van der Waals surface area contributed by atoms with Crippen LogP contribution in [0.1, 0.15) is 12.0 Å². The number of hydrogen-bond acceptors (Lipinski definition) is 5. The standard InChI is InChI=1S/C18H21FN6O2/c1-20-18(22-11-13-4-2-5-15(10-13)25(26)27)23-14-7-9-24(12-14)17-16(19)6-3-8-21-17/h2-6,8,10,14H,7,9,11-12H2,1H3,(H2,20,22,23). The smallest absolute Gasteiger partial charge is 0.269 e. The summed E-state index contributed by atoms with van der Waals surface area (Å²) in [6.45, 7) is 1.73. The molecule has 1 unspecified atom stereocenters. The Morgan fingerprint density at radius 1 is 1.44 bits per heavy atom. The van der Waals surface area contributed by atoms with Gasteiger partial charge in [-0.2, -0.15) is 0 Å². The van der Waals surface area contributed by atoms with E-state index in [-0.39, 0.29) is 17.5 Å². The van der Waals surface area contributed by atoms with Crippen LogP contribution >= 0.6 is 0 Å². The van der Waals surface area contributed by atoms with Gasteiger partial charge < -0.3 is 15.5 Å². The summed E-state index contributed by atoms with van der Waals surface area (Å²) in [5.41, 5.74) is 0.844. The third-order valence-corrected chi connectivity index (χ3v) is 4.37. The van der Waals surface area contributed by atoms with Crippen molar-refractivity contribution in [3.05, 3.63) is 64.1 Å². The lowest BCUT2D eigenvalue weighted by atomic mass is 10.2. The second kappa shape index (κ2) is 8.43. The van der Waals surface area contributed by atoms with Gasteiger partial charge in [0.15, 0.2) is 17.6 Å². The van der Waals surface area contributed by atoms with Gasteiger partial charge in [-0.15, -0.1) is 0 Å². The van der Waals surface area contributed by atoms with E-state index in [2.05, 4.69) is 20.6 Å². The third kappa shape index (κ3) is 4.69. The lowest BCUT2D eigenvalue weighted by Gasteiger charge is -2.20. The zero-order valence-electron chi connectivity index (χ0n) is 14.9. The Balaban J connectivity index is 1.55. The molecule has 2 N–H and O–H groups in total. The number of aromatic nitrogens is 1. The van der Waals surface area contributed by atoms with E-state index in [9.17, 15) is 14.5 Å². The molecule has 1 fully saturated rings. The minimum Gasteiger partial charge on any atom is -0.352 e. The summed E-state index contributed by atoms with van der Waals surface area (Å²) in [7, 11) is 1.66. The fourth-order valence-electron chi connectivity index (χ4n) is 3.03. The number of nitrogens with zero attached hydrogens (tertiary/aromatic N) is 4. The summed E-state index contributed by atoms with van der Waals surface area (Å²) >= 11 is 0. The van der Waals surface area contributed by atoms with Crippen molar-refractivity contribution >= 4 is 17.5 Å². The maximum Gasteiger partial charge on any atom is 0.269 e. The summed E-state index contributed by atoms with van der Waals surface area (Å²) in [5, 5.41) is 17.3. The van der Waals surface area contributed by atoms with E-state index < -0.39 is 4.92 Å². The van der Waals surface area contributed by atoms with E-state index in [1.165, 1.54) is 18.2 Å². The van der Waals surface area contributed by atoms with Crippen LogP contribution in [0.2, 0.25) is 0 Å². The van der Waals surface area contributed by atoms with Crippen molar-refractivity contribution in [2.24, 2.45) is 4.99 Å². The van der Waals surface area contributed by atoms with Crippen molar-refractivity contribution in [1.29, 1.82) is 0 Å². The molecule has 1 aliphatic rings. The highest BCUT2D eigenvalue weighted by atomic mass is 19.1. The summed E-state index contributed by atoms with van der Waals surface area (Å²) in [5.74, 6) is 0.627. The number of halogens is 1. The average molecular weight is 372 g/mol. The number of anilines is 1. The SMILES string of the molecule is CN=C(NCc1cccc([N+](=O)[O-])c1)NC1CCN(c2ncccc2F)C1. The van der Waals surface area contributed by atoms with E-state index in [4.69, 9.17) is 0 Å². The van der Waals surface area contributed by atoms with Crippen LogP contribution in [0.5, 0.6) is 0 Å². The van der Waals surface area contributed by atoms with Crippen LogP contribution in [0.15, 0.2) is 47.6 Å². The van der Waals surface area contributed by atoms with Crippen molar-refractivity contribution in [3.8, 4) is 0 Å². The second-order valence-electron chi connectivity index (χ2n) is 6.24. The molecule has 27 heavy (non-hydrogen) atoms. The Morgan fingerprint density at radius 3 is 3.04 bits per heavy atom. The van der Waals surface area contributed by atoms with Crippen LogP contribution in [0.3, 0.4) is 0 Å². The number of benzene rings is 1. The van der Waals surface area contributed by atoms with Crippen molar-refractivity contribution in [2.75, 3.05) is 25.0 Å². The molecule has 0 amide bonds. The molecule has 1 atom stereocenters. The zero-order valence-corrected chi connectivity index (χ0v) is 14.9. The maximum absolute atomic E-state index is 13.9. The van der Waals surface area contributed by atoms with Gasteiger partial charge in [-0.1, -0.05) is 12.1 Å². The number of non-ortho nitro benzene ring substituents is 1. The summed E-state index contributed by atoms with van der Waals surface area (Å²) in [4.78, 5) is 20.7. The number of rotatable bonds is 5. The highest BCUT2D eigenvalue weighted by Crippen LogP contribution is 2.20. The Morgan fingerprint density at radius 2 is 2.30 bits per heavy atom. The molecule has 9 heteroatoms. The van der Waals surface area contributed by atoms with E-state index in [1.807, 2.05) is 11.0 Å². The summed E-state index contributed by atoms with van der Waals surface area (Å²) < 4.78 is 13.9. The van der Waals surface area contributed by atoms with Gasteiger partial charge in [-0.25, -0.2) is 9.37 Å². The molecule has 2 heterocycles. The first-order chi connectivity index (χ1) is 13.1. The predicted molar refractivity (Wildman–Crippen MR) is 101 cm³/mol. The van der Waals surface area contributed by atoms with Crippen LogP contribution in [0.4, 0.5) is 15.9 Å². The predicted octanol–water partition coefficient (Wildman–Crippen LogP) is 2.07. The Labute approximate surface area is 156 Å². The van der Waals surface area contributed by atoms with Crippen molar-refractivity contribution < 1.29 is 9.31 Å². The topological polar surface area (TPSA) is 95.7 Å². The number of aliphatic imine (C=N–C) groups is 1. The van der Waals surface area contributed by atoms with E-state index in [0.717, 1.165) is 12.0 Å². The molecule has 0 radical (unpaired) electrons. The lowest BCUT2D eigenvalue weighted by Crippen LogP contribution is -2.44. The number of nitrogens with one attached hydrogen (secondary N) is 2. The quantitative estimate of drug-likeness (QED) is 0.361. The highest BCUT2D eigenvalue weighted by molar-refractivity contribution is 5.80. The van der Waals surface area contributed by atoms with Gasteiger partial charge in [0, 0.05) is 51.1 Å². The van der Waals surface area contributed by atoms with E-state index in [1.54, 1.807) is 25.4 Å². The fourth-order valence-corrected chi connectivity index (χ4v) is 3.03. The van der Waals surface area contributed by atoms with E-state index >= 15 is 0 Å². The van der Waals surface area contributed by atoms with Gasteiger partial charge in [0.2, 0.25) is 0 Å². The van der Waals surface area contributed by atoms with Gasteiger partial charge in [0.05, 0.1) is 4.92 Å². The van der Waals surface area contributed by atoms with E-state index in [0.29, 0.717) is 31.4 Å². The monoisotopic (exact) mass is 372 g/mol. The van der Waals surface area contributed by atoms with Gasteiger partial charge in [-0.05, 0) is 24.1 Å². The third-order valence-electron chi connectivity index (χ3n) is 4.37. The van der Waals surface area contributed by atoms with Gasteiger partial charge >= 0.3 is 0 Å². The maximum atomic E-state index is 13.9. The van der Waals surface area contributed by atoms with Crippen molar-refractivity contribution in [3.63, 3.8) is 0 Å². The molecule has 1 aliphatic heterocycles. The minimum atomic E-state index is -0.416. The molecule has 1 saturated heterocycles. The molecule has 142 valence electrons. The number of hydrogen-bond donors (Lipinski definition) is 2. The number of guanidine groups is 1. The first kappa shape index (κ1) is 18.6. The second-order valence-corrected chi connectivity index (χ2v) is 6.24. The molecule has 1 aromatic heterocycles. The molecule has 0 saturated carbocycles. The van der Waals surface area contributed by atoms with Crippen LogP contribution < -0.4 is 15.5 Å². The summed E-state index contributed by atoms with van der Waals surface area (Å²) in [6, 6.07) is 9.54. The molecule has 0 bridgehead atoms. The fraction of sp³-hybridized carbons (Fsp3) is 0.333. The lowest BCUT2D eigenvalue weighted by molar-refractivity contribution is -0.384. The average Bonchev–Trinajstić information content (AvgIpc) is 3.14. The molecule has 3 rings (SSSR count). The van der Waals surface area contributed by atoms with Crippen LogP contribution in [-0.4, -0.2) is 42.0 Å². The number of nitro groups is 1. The van der Waals surface area contributed by atoms with Crippen molar-refractivity contribution in [1.82, 2.24) is 15.6 Å². The molecule has 0 aliphatic carbocycles. The Kier molecular flexibility index (Phi) is 5.80. The first-order valence-corrected chi connectivity index (χ1v) is 8.63. The van der Waals surface area contributed by atoms with Gasteiger partial charge in [0.1, 0.15) is 0 Å². The van der Waals surface area contributed by atoms with Crippen LogP contribution in [0, 0.1) is 15.9 Å². The molecule has 2 aromatic rings.